The smallest absolute Gasteiger partial charge is 0.253 e. The van der Waals surface area contributed by atoms with Crippen LogP contribution in [0.25, 0.3) is 0 Å². The average molecular weight is 389 g/mol. The van der Waals surface area contributed by atoms with E-state index in [1.807, 2.05) is 35.2 Å². The Morgan fingerprint density at radius 2 is 1.69 bits per heavy atom. The molecule has 0 aromatic heterocycles. The van der Waals surface area contributed by atoms with E-state index in [2.05, 4.69) is 23.1 Å². The van der Waals surface area contributed by atoms with Gasteiger partial charge in [-0.05, 0) is 66.6 Å². The van der Waals surface area contributed by atoms with Gasteiger partial charge in [0.25, 0.3) is 5.91 Å². The van der Waals surface area contributed by atoms with Crippen LogP contribution in [0, 0.1) is 11.3 Å². The average Bonchev–Trinajstić information content (AvgIpc) is 2.79. The second-order valence-electron chi connectivity index (χ2n) is 7.82. The first-order valence-electron chi connectivity index (χ1n) is 10.4. The van der Waals surface area contributed by atoms with Crippen LogP contribution in [0.3, 0.4) is 0 Å². The lowest BCUT2D eigenvalue weighted by Gasteiger charge is -2.37. The molecule has 0 bridgehead atoms. The maximum absolute atomic E-state index is 13.0. The molecule has 1 atom stereocenters. The van der Waals surface area contributed by atoms with Gasteiger partial charge in [0.1, 0.15) is 11.8 Å². The fourth-order valence-electron chi connectivity index (χ4n) is 4.39. The summed E-state index contributed by atoms with van der Waals surface area (Å²) >= 11 is 0. The molecular formula is C24H27N3O2. The van der Waals surface area contributed by atoms with Gasteiger partial charge in [0.05, 0.1) is 13.2 Å². The summed E-state index contributed by atoms with van der Waals surface area (Å²) in [7, 11) is 1.63. The standard InChI is InChI=1S/C24H27N3O2/c1-29-22-10-8-19(9-11-22)23(17-25)26-12-14-27(15-13-26)24(28)21-7-6-18-4-2-3-5-20(18)16-21/h6-11,16,23H,2-5,12-15H2,1H3. The second-order valence-corrected chi connectivity index (χ2v) is 7.82. The quantitative estimate of drug-likeness (QED) is 0.802. The summed E-state index contributed by atoms with van der Waals surface area (Å²) in [6.07, 6.45) is 4.67. The van der Waals surface area contributed by atoms with E-state index < -0.39 is 0 Å². The Bertz CT molecular complexity index is 909. The lowest BCUT2D eigenvalue weighted by atomic mass is 9.90. The molecule has 150 valence electrons. The number of piperazine rings is 1. The number of rotatable bonds is 4. The van der Waals surface area contributed by atoms with Crippen LogP contribution < -0.4 is 4.74 Å². The summed E-state index contributed by atoms with van der Waals surface area (Å²) in [6.45, 7) is 2.68. The van der Waals surface area contributed by atoms with Crippen LogP contribution >= 0.6 is 0 Å². The van der Waals surface area contributed by atoms with Crippen LogP contribution in [0.2, 0.25) is 0 Å². The van der Waals surface area contributed by atoms with Crippen LogP contribution in [0.5, 0.6) is 5.75 Å². The second kappa shape index (κ2) is 8.67. The molecule has 1 unspecified atom stereocenters. The van der Waals surface area contributed by atoms with Gasteiger partial charge in [0.15, 0.2) is 0 Å². The van der Waals surface area contributed by atoms with Crippen molar-refractivity contribution in [3.63, 3.8) is 0 Å². The lowest BCUT2D eigenvalue weighted by Crippen LogP contribution is -2.49. The lowest BCUT2D eigenvalue weighted by molar-refractivity contribution is 0.0606. The van der Waals surface area contributed by atoms with Crippen LogP contribution in [-0.2, 0) is 12.8 Å². The van der Waals surface area contributed by atoms with E-state index in [0.29, 0.717) is 26.2 Å². The van der Waals surface area contributed by atoms with Crippen LogP contribution in [-0.4, -0.2) is 49.0 Å². The number of benzene rings is 2. The normalized spacial score (nSPS) is 17.9. The third-order valence-corrected chi connectivity index (χ3v) is 6.12. The largest absolute Gasteiger partial charge is 0.497 e. The van der Waals surface area contributed by atoms with E-state index in [4.69, 9.17) is 4.74 Å². The van der Waals surface area contributed by atoms with Gasteiger partial charge in [0.2, 0.25) is 0 Å². The number of carbonyl (C=O) groups excluding carboxylic acids is 1. The summed E-state index contributed by atoms with van der Waals surface area (Å²) < 4.78 is 5.20. The Morgan fingerprint density at radius 3 is 2.34 bits per heavy atom. The molecule has 0 N–H and O–H groups in total. The molecule has 4 rings (SSSR count). The summed E-state index contributed by atoms with van der Waals surface area (Å²) in [5, 5.41) is 9.72. The number of hydrogen-bond acceptors (Lipinski definition) is 4. The Morgan fingerprint density at radius 1 is 1.00 bits per heavy atom. The van der Waals surface area contributed by atoms with Gasteiger partial charge in [-0.25, -0.2) is 0 Å². The van der Waals surface area contributed by atoms with Crippen molar-refractivity contribution in [2.45, 2.75) is 31.7 Å². The van der Waals surface area contributed by atoms with Crippen LogP contribution in [0.15, 0.2) is 42.5 Å². The molecule has 0 spiro atoms. The molecular weight excluding hydrogens is 362 g/mol. The molecule has 1 fully saturated rings. The highest BCUT2D eigenvalue weighted by atomic mass is 16.5. The predicted octanol–water partition coefficient (Wildman–Crippen LogP) is 3.60. The molecule has 2 aromatic rings. The van der Waals surface area contributed by atoms with Crippen molar-refractivity contribution < 1.29 is 9.53 Å². The first-order chi connectivity index (χ1) is 14.2. The number of ether oxygens (including phenoxy) is 1. The fourth-order valence-corrected chi connectivity index (χ4v) is 4.39. The predicted molar refractivity (Wildman–Crippen MR) is 112 cm³/mol. The molecule has 2 aliphatic rings. The van der Waals surface area contributed by atoms with Crippen molar-refractivity contribution in [2.75, 3.05) is 33.3 Å². The van der Waals surface area contributed by atoms with Crippen molar-refractivity contribution in [1.29, 1.82) is 5.26 Å². The number of carbonyl (C=O) groups is 1. The van der Waals surface area contributed by atoms with E-state index >= 15 is 0 Å². The highest BCUT2D eigenvalue weighted by Gasteiger charge is 2.28. The number of nitrogens with zero attached hydrogens (tertiary/aromatic N) is 3. The molecule has 29 heavy (non-hydrogen) atoms. The molecule has 0 radical (unpaired) electrons. The summed E-state index contributed by atoms with van der Waals surface area (Å²) in [6, 6.07) is 16.0. The summed E-state index contributed by atoms with van der Waals surface area (Å²) in [5.41, 5.74) is 4.49. The SMILES string of the molecule is COc1ccc(C(C#N)N2CCN(C(=O)c3ccc4c(c3)CCCC4)CC2)cc1. The van der Waals surface area contributed by atoms with Crippen molar-refractivity contribution in [2.24, 2.45) is 0 Å². The Balaban J connectivity index is 1.40. The first kappa shape index (κ1) is 19.5. The number of nitriles is 1. The van der Waals surface area contributed by atoms with Gasteiger partial charge in [0, 0.05) is 31.7 Å². The number of aryl methyl sites for hydroxylation is 2. The van der Waals surface area contributed by atoms with Crippen molar-refractivity contribution in [1.82, 2.24) is 9.80 Å². The highest BCUT2D eigenvalue weighted by Crippen LogP contribution is 2.25. The van der Waals surface area contributed by atoms with Gasteiger partial charge < -0.3 is 9.64 Å². The molecule has 5 heteroatoms. The van der Waals surface area contributed by atoms with Crippen LogP contribution in [0.4, 0.5) is 0 Å². The molecule has 5 nitrogen and oxygen atoms in total. The molecule has 1 amide bonds. The van der Waals surface area contributed by atoms with Gasteiger partial charge in [-0.15, -0.1) is 0 Å². The van der Waals surface area contributed by atoms with Gasteiger partial charge in [-0.2, -0.15) is 5.26 Å². The van der Waals surface area contributed by atoms with E-state index in [0.717, 1.165) is 29.7 Å². The maximum Gasteiger partial charge on any atom is 0.253 e. The monoisotopic (exact) mass is 389 g/mol. The third kappa shape index (κ3) is 4.13. The van der Waals surface area contributed by atoms with Crippen molar-refractivity contribution in [3.8, 4) is 11.8 Å². The van der Waals surface area contributed by atoms with E-state index in [1.54, 1.807) is 7.11 Å². The van der Waals surface area contributed by atoms with E-state index in [9.17, 15) is 10.1 Å². The molecule has 2 aromatic carbocycles. The van der Waals surface area contributed by atoms with E-state index in [1.165, 1.54) is 24.0 Å². The van der Waals surface area contributed by atoms with Crippen molar-refractivity contribution >= 4 is 5.91 Å². The molecule has 1 heterocycles. The number of amides is 1. The van der Waals surface area contributed by atoms with Crippen molar-refractivity contribution in [3.05, 3.63) is 64.7 Å². The highest BCUT2D eigenvalue weighted by molar-refractivity contribution is 5.94. The first-order valence-corrected chi connectivity index (χ1v) is 10.4. The minimum absolute atomic E-state index is 0.107. The third-order valence-electron chi connectivity index (χ3n) is 6.12. The van der Waals surface area contributed by atoms with Gasteiger partial charge in [-0.1, -0.05) is 18.2 Å². The maximum atomic E-state index is 13.0. The number of methoxy groups -OCH3 is 1. The Hall–Kier alpha value is -2.84. The zero-order valence-corrected chi connectivity index (χ0v) is 16.9. The topological polar surface area (TPSA) is 56.6 Å². The van der Waals surface area contributed by atoms with Gasteiger partial charge in [-0.3, -0.25) is 9.69 Å². The molecule has 1 saturated heterocycles. The molecule has 1 aliphatic heterocycles. The summed E-state index contributed by atoms with van der Waals surface area (Å²) in [4.78, 5) is 17.1. The number of hydrogen-bond donors (Lipinski definition) is 0. The zero-order chi connectivity index (χ0) is 20.2. The van der Waals surface area contributed by atoms with Gasteiger partial charge >= 0.3 is 0 Å². The fraction of sp³-hybridized carbons (Fsp3) is 0.417. The summed E-state index contributed by atoms with van der Waals surface area (Å²) in [5.74, 6) is 0.891. The minimum Gasteiger partial charge on any atom is -0.497 e. The minimum atomic E-state index is -0.304. The molecule has 1 aliphatic carbocycles. The zero-order valence-electron chi connectivity index (χ0n) is 16.9. The molecule has 0 saturated carbocycles. The van der Waals surface area contributed by atoms with E-state index in [-0.39, 0.29) is 11.9 Å². The number of fused-ring (bicyclic) bond motifs is 1. The Labute approximate surface area is 172 Å². The Kier molecular flexibility index (Phi) is 5.82. The van der Waals surface area contributed by atoms with Crippen LogP contribution in [0.1, 0.15) is 45.9 Å².